The Labute approximate surface area is 154 Å². The number of aliphatic carboxylic acids is 1. The second-order valence-electron chi connectivity index (χ2n) is 5.15. The maximum Gasteiger partial charge on any atom is 0.322 e. The summed E-state index contributed by atoms with van der Waals surface area (Å²) in [7, 11) is 0. The van der Waals surface area contributed by atoms with Crippen molar-refractivity contribution in [2.75, 3.05) is 31.5 Å². The van der Waals surface area contributed by atoms with Crippen molar-refractivity contribution in [2.24, 2.45) is 0 Å². The third kappa shape index (κ3) is 7.70. The summed E-state index contributed by atoms with van der Waals surface area (Å²) in [6, 6.07) is 1.56. The highest BCUT2D eigenvalue weighted by Gasteiger charge is 2.18. The normalized spacial score (nSPS) is 10.2. The SMILES string of the molecule is CCCN(CC(=O)NCC(=O)O)CC(=O)Nc1ccc(F)c(F)c1F.Cl. The molecule has 0 fully saturated rings. The van der Waals surface area contributed by atoms with Crippen LogP contribution in [0.4, 0.5) is 18.9 Å². The first-order chi connectivity index (χ1) is 11.7. The smallest absolute Gasteiger partial charge is 0.322 e. The highest BCUT2D eigenvalue weighted by molar-refractivity contribution is 5.92. The van der Waals surface area contributed by atoms with Crippen molar-refractivity contribution in [3.8, 4) is 0 Å². The third-order valence-electron chi connectivity index (χ3n) is 3.02. The Bertz CT molecular complexity index is 661. The Balaban J connectivity index is 0.00000625. The van der Waals surface area contributed by atoms with E-state index in [4.69, 9.17) is 5.11 Å². The number of halogens is 4. The van der Waals surface area contributed by atoms with Gasteiger partial charge in [-0.25, -0.2) is 13.2 Å². The van der Waals surface area contributed by atoms with Gasteiger partial charge in [0, 0.05) is 0 Å². The molecule has 7 nitrogen and oxygen atoms in total. The van der Waals surface area contributed by atoms with Gasteiger partial charge in [0.25, 0.3) is 0 Å². The molecule has 26 heavy (non-hydrogen) atoms. The van der Waals surface area contributed by atoms with Gasteiger partial charge in [-0.3, -0.25) is 19.3 Å². The minimum atomic E-state index is -1.70. The molecule has 0 atom stereocenters. The fourth-order valence-electron chi connectivity index (χ4n) is 1.98. The lowest BCUT2D eigenvalue weighted by molar-refractivity contribution is -0.138. The highest BCUT2D eigenvalue weighted by Crippen LogP contribution is 2.19. The molecule has 146 valence electrons. The van der Waals surface area contributed by atoms with Gasteiger partial charge in [0.1, 0.15) is 6.54 Å². The molecule has 0 bridgehead atoms. The molecule has 0 heterocycles. The van der Waals surface area contributed by atoms with Crippen molar-refractivity contribution in [3.63, 3.8) is 0 Å². The van der Waals surface area contributed by atoms with E-state index in [1.165, 1.54) is 4.90 Å². The summed E-state index contributed by atoms with van der Waals surface area (Å²) in [6.07, 6.45) is 0.596. The maximum atomic E-state index is 13.5. The molecule has 1 aromatic rings. The van der Waals surface area contributed by atoms with Crippen LogP contribution in [0.1, 0.15) is 13.3 Å². The van der Waals surface area contributed by atoms with Gasteiger partial charge in [-0.2, -0.15) is 0 Å². The van der Waals surface area contributed by atoms with Gasteiger partial charge in [0.05, 0.1) is 18.8 Å². The molecule has 0 saturated carbocycles. The number of hydrogen-bond donors (Lipinski definition) is 3. The lowest BCUT2D eigenvalue weighted by Gasteiger charge is -2.20. The number of carboxylic acid groups (broad SMARTS) is 1. The average molecular weight is 398 g/mol. The van der Waals surface area contributed by atoms with Gasteiger partial charge in [-0.05, 0) is 25.1 Å². The van der Waals surface area contributed by atoms with E-state index in [9.17, 15) is 27.6 Å². The largest absolute Gasteiger partial charge is 0.480 e. The Hall–Kier alpha value is -2.33. The average Bonchev–Trinajstić information content (AvgIpc) is 2.53. The quantitative estimate of drug-likeness (QED) is 0.547. The van der Waals surface area contributed by atoms with Crippen LogP contribution in [0.25, 0.3) is 0 Å². The minimum absolute atomic E-state index is 0. The monoisotopic (exact) mass is 397 g/mol. The van der Waals surface area contributed by atoms with Crippen LogP contribution in [0.5, 0.6) is 0 Å². The predicted octanol–water partition coefficient (Wildman–Crippen LogP) is 1.38. The van der Waals surface area contributed by atoms with Crippen molar-refractivity contribution in [1.82, 2.24) is 10.2 Å². The van der Waals surface area contributed by atoms with Crippen LogP contribution in [0.15, 0.2) is 12.1 Å². The number of anilines is 1. The zero-order valence-electron chi connectivity index (χ0n) is 13.9. The Morgan fingerprint density at radius 1 is 1.08 bits per heavy atom. The molecular weight excluding hydrogens is 379 g/mol. The zero-order valence-corrected chi connectivity index (χ0v) is 14.7. The summed E-state index contributed by atoms with van der Waals surface area (Å²) in [5.74, 6) is -7.13. The molecule has 2 amide bonds. The van der Waals surface area contributed by atoms with Gasteiger partial charge < -0.3 is 15.7 Å². The first-order valence-corrected chi connectivity index (χ1v) is 7.38. The number of carbonyl (C=O) groups is 3. The zero-order chi connectivity index (χ0) is 19.0. The van der Waals surface area contributed by atoms with E-state index in [1.807, 2.05) is 0 Å². The fourth-order valence-corrected chi connectivity index (χ4v) is 1.98. The van der Waals surface area contributed by atoms with E-state index < -0.39 is 47.5 Å². The van der Waals surface area contributed by atoms with E-state index >= 15 is 0 Å². The van der Waals surface area contributed by atoms with Crippen LogP contribution >= 0.6 is 12.4 Å². The number of nitrogens with one attached hydrogen (secondary N) is 2. The third-order valence-corrected chi connectivity index (χ3v) is 3.02. The molecular formula is C15H19ClF3N3O4. The lowest BCUT2D eigenvalue weighted by Crippen LogP contribution is -2.42. The number of amides is 2. The first-order valence-electron chi connectivity index (χ1n) is 7.38. The van der Waals surface area contributed by atoms with Crippen LogP contribution < -0.4 is 10.6 Å². The summed E-state index contributed by atoms with van der Waals surface area (Å²) < 4.78 is 39.5. The highest BCUT2D eigenvalue weighted by atomic mass is 35.5. The van der Waals surface area contributed by atoms with Crippen molar-refractivity contribution in [2.45, 2.75) is 13.3 Å². The Morgan fingerprint density at radius 2 is 1.69 bits per heavy atom. The Morgan fingerprint density at radius 3 is 2.27 bits per heavy atom. The molecule has 1 rings (SSSR count). The van der Waals surface area contributed by atoms with Crippen LogP contribution in [0.2, 0.25) is 0 Å². The molecule has 0 spiro atoms. The lowest BCUT2D eigenvalue weighted by atomic mass is 10.2. The summed E-state index contributed by atoms with van der Waals surface area (Å²) in [5, 5.41) is 12.7. The Kier molecular flexibility index (Phi) is 10.3. The van der Waals surface area contributed by atoms with Gasteiger partial charge in [0.2, 0.25) is 11.8 Å². The van der Waals surface area contributed by atoms with E-state index in [-0.39, 0.29) is 25.5 Å². The van der Waals surface area contributed by atoms with Gasteiger partial charge >= 0.3 is 5.97 Å². The van der Waals surface area contributed by atoms with Gasteiger partial charge in [-0.1, -0.05) is 6.92 Å². The minimum Gasteiger partial charge on any atom is -0.480 e. The summed E-state index contributed by atoms with van der Waals surface area (Å²) in [5.41, 5.74) is -0.518. The second-order valence-corrected chi connectivity index (χ2v) is 5.15. The molecule has 0 aliphatic rings. The summed E-state index contributed by atoms with van der Waals surface area (Å²) in [4.78, 5) is 35.3. The van der Waals surface area contributed by atoms with E-state index in [1.54, 1.807) is 6.92 Å². The molecule has 11 heteroatoms. The van der Waals surface area contributed by atoms with Crippen LogP contribution in [0, 0.1) is 17.5 Å². The van der Waals surface area contributed by atoms with Crippen molar-refractivity contribution in [1.29, 1.82) is 0 Å². The maximum absolute atomic E-state index is 13.5. The molecule has 0 aromatic heterocycles. The van der Waals surface area contributed by atoms with Crippen molar-refractivity contribution < 1.29 is 32.7 Å². The van der Waals surface area contributed by atoms with Crippen LogP contribution in [0.3, 0.4) is 0 Å². The molecule has 3 N–H and O–H groups in total. The van der Waals surface area contributed by atoms with E-state index in [0.29, 0.717) is 19.0 Å². The first kappa shape index (κ1) is 23.7. The number of carbonyl (C=O) groups excluding carboxylic acids is 2. The van der Waals surface area contributed by atoms with Crippen molar-refractivity contribution >= 4 is 35.9 Å². The van der Waals surface area contributed by atoms with Gasteiger partial charge in [0.15, 0.2) is 17.5 Å². The summed E-state index contributed by atoms with van der Waals surface area (Å²) in [6.45, 7) is 1.04. The predicted molar refractivity (Wildman–Crippen MR) is 89.6 cm³/mol. The molecule has 1 aromatic carbocycles. The molecule has 0 aliphatic heterocycles. The molecule has 0 unspecified atom stereocenters. The molecule has 0 aliphatic carbocycles. The van der Waals surface area contributed by atoms with E-state index in [2.05, 4.69) is 10.6 Å². The van der Waals surface area contributed by atoms with Crippen LogP contribution in [-0.4, -0.2) is 54.0 Å². The number of hydrogen-bond acceptors (Lipinski definition) is 4. The molecule has 0 saturated heterocycles. The standard InChI is InChI=1S/C15H18F3N3O4.ClH/c1-2-5-21(7-11(22)19-6-13(24)25)8-12(23)20-10-4-3-9(16)14(17)15(10)18;/h3-4H,2,5-8H2,1H3,(H,19,22)(H,20,23)(H,24,25);1H. The fraction of sp³-hybridized carbons (Fsp3) is 0.400. The van der Waals surface area contributed by atoms with Crippen molar-refractivity contribution in [3.05, 3.63) is 29.6 Å². The molecule has 0 radical (unpaired) electrons. The number of benzene rings is 1. The van der Waals surface area contributed by atoms with E-state index in [0.717, 1.165) is 6.07 Å². The number of nitrogens with zero attached hydrogens (tertiary/aromatic N) is 1. The topological polar surface area (TPSA) is 98.7 Å². The van der Waals surface area contributed by atoms with Gasteiger partial charge in [-0.15, -0.1) is 12.4 Å². The number of carboxylic acids is 1. The van der Waals surface area contributed by atoms with Crippen LogP contribution in [-0.2, 0) is 14.4 Å². The summed E-state index contributed by atoms with van der Waals surface area (Å²) >= 11 is 0. The number of rotatable bonds is 9. The second kappa shape index (κ2) is 11.3.